The Morgan fingerprint density at radius 2 is 2.32 bits per heavy atom. The molecule has 1 aliphatic heterocycles. The van der Waals surface area contributed by atoms with Gasteiger partial charge in [0.1, 0.15) is 6.04 Å². The van der Waals surface area contributed by atoms with Crippen LogP contribution in [0.2, 0.25) is 0 Å². The molecule has 6 heteroatoms. The summed E-state index contributed by atoms with van der Waals surface area (Å²) < 4.78 is 0. The number of carboxylic acid groups (broad SMARTS) is 1. The third-order valence-electron chi connectivity index (χ3n) is 3.10. The summed E-state index contributed by atoms with van der Waals surface area (Å²) in [5.41, 5.74) is 0.834. The quantitative estimate of drug-likeness (QED) is 0.872. The predicted molar refractivity (Wildman–Crippen MR) is 73.3 cm³/mol. The van der Waals surface area contributed by atoms with E-state index in [0.717, 1.165) is 16.9 Å². The molecule has 0 radical (unpaired) electrons. The van der Waals surface area contributed by atoms with Crippen molar-refractivity contribution in [2.75, 3.05) is 13.1 Å². The van der Waals surface area contributed by atoms with Gasteiger partial charge in [-0.3, -0.25) is 14.5 Å². The summed E-state index contributed by atoms with van der Waals surface area (Å²) in [6.45, 7) is 4.51. The molecule has 0 saturated carbocycles. The summed E-state index contributed by atoms with van der Waals surface area (Å²) in [6, 6.07) is 1.22. The first-order valence-electron chi connectivity index (χ1n) is 6.31. The Kier molecular flexibility index (Phi) is 4.21. The van der Waals surface area contributed by atoms with Crippen LogP contribution in [0.4, 0.5) is 0 Å². The topological polar surface area (TPSA) is 69.6 Å². The highest BCUT2D eigenvalue weighted by Gasteiger charge is 2.34. The lowest BCUT2D eigenvalue weighted by atomic mass is 10.00. The van der Waals surface area contributed by atoms with Gasteiger partial charge in [-0.25, -0.2) is 0 Å². The average Bonchev–Trinajstić information content (AvgIpc) is 2.74. The van der Waals surface area contributed by atoms with E-state index in [9.17, 15) is 14.7 Å². The van der Waals surface area contributed by atoms with E-state index in [0.29, 0.717) is 6.54 Å². The largest absolute Gasteiger partial charge is 0.480 e. The van der Waals surface area contributed by atoms with Crippen molar-refractivity contribution in [3.63, 3.8) is 0 Å². The molecule has 2 rings (SSSR count). The number of fused-ring (bicyclic) bond motifs is 1. The Morgan fingerprint density at radius 1 is 1.58 bits per heavy atom. The molecule has 0 aromatic carbocycles. The fraction of sp³-hybridized carbons (Fsp3) is 0.538. The van der Waals surface area contributed by atoms with Gasteiger partial charge in [0.05, 0.1) is 6.54 Å². The molecule has 1 atom stereocenters. The van der Waals surface area contributed by atoms with E-state index < -0.39 is 12.0 Å². The van der Waals surface area contributed by atoms with Crippen molar-refractivity contribution in [2.24, 2.45) is 0 Å². The number of rotatable bonds is 4. The highest BCUT2D eigenvalue weighted by atomic mass is 32.1. The van der Waals surface area contributed by atoms with E-state index in [2.05, 4.69) is 5.32 Å². The molecule has 1 aliphatic rings. The zero-order valence-corrected chi connectivity index (χ0v) is 11.9. The lowest BCUT2D eigenvalue weighted by molar-refractivity contribution is -0.144. The number of carbonyl (C=O) groups is 2. The van der Waals surface area contributed by atoms with Gasteiger partial charge < -0.3 is 10.4 Å². The summed E-state index contributed by atoms with van der Waals surface area (Å²) in [6.07, 6.45) is 0.811. The lowest BCUT2D eigenvalue weighted by Gasteiger charge is -2.32. The molecule has 1 aromatic heterocycles. The van der Waals surface area contributed by atoms with Gasteiger partial charge in [0.2, 0.25) is 5.91 Å². The Labute approximate surface area is 116 Å². The SMILES string of the molecule is CC(C)NC(=O)CN1CCc2sccc2C1C(=O)O. The number of thiophene rings is 1. The molecule has 1 aromatic rings. The zero-order chi connectivity index (χ0) is 14.0. The first kappa shape index (κ1) is 14.0. The van der Waals surface area contributed by atoms with Crippen LogP contribution in [0.15, 0.2) is 11.4 Å². The molecule has 19 heavy (non-hydrogen) atoms. The van der Waals surface area contributed by atoms with Crippen LogP contribution in [0.25, 0.3) is 0 Å². The van der Waals surface area contributed by atoms with Crippen molar-refractivity contribution in [1.29, 1.82) is 0 Å². The van der Waals surface area contributed by atoms with Gasteiger partial charge in [-0.15, -0.1) is 11.3 Å². The fourth-order valence-electron chi connectivity index (χ4n) is 2.38. The predicted octanol–water partition coefficient (Wildman–Crippen LogP) is 1.26. The number of nitrogens with one attached hydrogen (secondary N) is 1. The smallest absolute Gasteiger partial charge is 0.325 e. The normalized spacial score (nSPS) is 19.2. The maximum atomic E-state index is 11.8. The van der Waals surface area contributed by atoms with Crippen molar-refractivity contribution < 1.29 is 14.7 Å². The number of carboxylic acids is 1. The molecule has 0 spiro atoms. The highest BCUT2D eigenvalue weighted by Crippen LogP contribution is 2.33. The number of carbonyl (C=O) groups excluding carboxylic acids is 1. The molecule has 1 unspecified atom stereocenters. The van der Waals surface area contributed by atoms with Crippen LogP contribution in [-0.2, 0) is 16.0 Å². The molecule has 1 amide bonds. The second-order valence-electron chi connectivity index (χ2n) is 4.98. The Hall–Kier alpha value is -1.40. The van der Waals surface area contributed by atoms with Crippen LogP contribution in [0.3, 0.4) is 0 Å². The standard InChI is InChI=1S/C13H18N2O3S/c1-8(2)14-11(16)7-15-5-3-10-9(4-6-19-10)12(15)13(17)18/h4,6,8,12H,3,5,7H2,1-2H3,(H,14,16)(H,17,18). The van der Waals surface area contributed by atoms with Gasteiger partial charge in [-0.05, 0) is 37.3 Å². The Bertz CT molecular complexity index is 484. The minimum Gasteiger partial charge on any atom is -0.480 e. The van der Waals surface area contributed by atoms with E-state index in [4.69, 9.17) is 0 Å². The van der Waals surface area contributed by atoms with Crippen LogP contribution in [0, 0.1) is 0 Å². The van der Waals surface area contributed by atoms with Crippen molar-refractivity contribution >= 4 is 23.2 Å². The molecular formula is C13H18N2O3S. The van der Waals surface area contributed by atoms with Gasteiger partial charge in [-0.2, -0.15) is 0 Å². The number of aliphatic carboxylic acids is 1. The molecule has 2 heterocycles. The van der Waals surface area contributed by atoms with E-state index >= 15 is 0 Å². The van der Waals surface area contributed by atoms with Gasteiger partial charge in [0.25, 0.3) is 0 Å². The summed E-state index contributed by atoms with van der Waals surface area (Å²) in [4.78, 5) is 26.1. The van der Waals surface area contributed by atoms with Crippen molar-refractivity contribution in [1.82, 2.24) is 10.2 Å². The lowest BCUT2D eigenvalue weighted by Crippen LogP contribution is -2.46. The first-order chi connectivity index (χ1) is 8.99. The molecule has 2 N–H and O–H groups in total. The van der Waals surface area contributed by atoms with E-state index in [1.165, 1.54) is 0 Å². The fourth-order valence-corrected chi connectivity index (χ4v) is 3.28. The van der Waals surface area contributed by atoms with Crippen LogP contribution in [0.1, 0.15) is 30.3 Å². The minimum atomic E-state index is -0.892. The summed E-state index contributed by atoms with van der Waals surface area (Å²) in [7, 11) is 0. The van der Waals surface area contributed by atoms with Crippen LogP contribution in [-0.4, -0.2) is 41.0 Å². The maximum Gasteiger partial charge on any atom is 0.325 e. The van der Waals surface area contributed by atoms with Crippen molar-refractivity contribution in [2.45, 2.75) is 32.4 Å². The maximum absolute atomic E-state index is 11.8. The monoisotopic (exact) mass is 282 g/mol. The molecule has 5 nitrogen and oxygen atoms in total. The second kappa shape index (κ2) is 5.71. The van der Waals surface area contributed by atoms with Crippen LogP contribution >= 0.6 is 11.3 Å². The van der Waals surface area contributed by atoms with E-state index in [1.807, 2.05) is 25.3 Å². The highest BCUT2D eigenvalue weighted by molar-refractivity contribution is 7.10. The Morgan fingerprint density at radius 3 is 2.95 bits per heavy atom. The molecule has 104 valence electrons. The van der Waals surface area contributed by atoms with Crippen molar-refractivity contribution in [3.8, 4) is 0 Å². The van der Waals surface area contributed by atoms with E-state index in [1.54, 1.807) is 16.2 Å². The van der Waals surface area contributed by atoms with Crippen LogP contribution in [0.5, 0.6) is 0 Å². The molecule has 0 aliphatic carbocycles. The summed E-state index contributed by atoms with van der Waals surface area (Å²) >= 11 is 1.59. The molecular weight excluding hydrogens is 264 g/mol. The zero-order valence-electron chi connectivity index (χ0n) is 11.0. The third kappa shape index (κ3) is 3.13. The average molecular weight is 282 g/mol. The third-order valence-corrected chi connectivity index (χ3v) is 4.09. The molecule has 0 bridgehead atoms. The molecule has 0 fully saturated rings. The second-order valence-corrected chi connectivity index (χ2v) is 5.98. The van der Waals surface area contributed by atoms with Gasteiger partial charge in [0.15, 0.2) is 0 Å². The van der Waals surface area contributed by atoms with Gasteiger partial charge in [-0.1, -0.05) is 0 Å². The summed E-state index contributed by atoms with van der Waals surface area (Å²) in [5, 5.41) is 14.1. The number of hydrogen-bond acceptors (Lipinski definition) is 4. The number of hydrogen-bond donors (Lipinski definition) is 2. The first-order valence-corrected chi connectivity index (χ1v) is 7.19. The number of nitrogens with zero attached hydrogens (tertiary/aromatic N) is 1. The minimum absolute atomic E-state index is 0.0669. The summed E-state index contributed by atoms with van der Waals surface area (Å²) in [5.74, 6) is -1.02. The van der Waals surface area contributed by atoms with Crippen LogP contribution < -0.4 is 5.32 Å². The Balaban J connectivity index is 2.13. The van der Waals surface area contributed by atoms with E-state index in [-0.39, 0.29) is 18.5 Å². The molecule has 0 saturated heterocycles. The van der Waals surface area contributed by atoms with Gasteiger partial charge in [0, 0.05) is 17.5 Å². The van der Waals surface area contributed by atoms with Crippen molar-refractivity contribution in [3.05, 3.63) is 21.9 Å². The number of amides is 1. The van der Waals surface area contributed by atoms with Gasteiger partial charge >= 0.3 is 5.97 Å².